The number of aromatic nitrogens is 2. The molecule has 1 amide bonds. The van der Waals surface area contributed by atoms with Crippen molar-refractivity contribution in [3.05, 3.63) is 58.8 Å². The van der Waals surface area contributed by atoms with Gasteiger partial charge in [0.15, 0.2) is 0 Å². The first-order valence-electron chi connectivity index (χ1n) is 5.71. The zero-order chi connectivity index (χ0) is 13.9. The van der Waals surface area contributed by atoms with Gasteiger partial charge in [-0.25, -0.2) is 0 Å². The quantitative estimate of drug-likeness (QED) is 0.402. The molecule has 20 heavy (non-hydrogen) atoms. The molecule has 0 spiro atoms. The number of azide groups is 1. The molecule has 2 aromatic carbocycles. The van der Waals surface area contributed by atoms with Gasteiger partial charge in [-0.3, -0.25) is 4.79 Å². The standard InChI is InChI=1S/C13H7N5O2/c14-18-16-12(19)13-15-11(17-20-13)10-7-3-5-8-4-1-2-6-9(8)10/h1-7H. The Morgan fingerprint density at radius 2 is 2.00 bits per heavy atom. The summed E-state index contributed by atoms with van der Waals surface area (Å²) in [5.41, 5.74) is 8.95. The minimum atomic E-state index is -0.897. The Bertz CT molecular complexity index is 843. The lowest BCUT2D eigenvalue weighted by Gasteiger charge is -2.01. The molecule has 7 nitrogen and oxygen atoms in total. The second kappa shape index (κ2) is 4.83. The number of nitrogens with zero attached hydrogens (tertiary/aromatic N) is 5. The molecule has 0 aliphatic carbocycles. The number of hydrogen-bond acceptors (Lipinski definition) is 4. The van der Waals surface area contributed by atoms with E-state index in [1.54, 1.807) is 0 Å². The fourth-order valence-corrected chi connectivity index (χ4v) is 1.92. The average Bonchev–Trinajstić information content (AvgIpc) is 2.97. The summed E-state index contributed by atoms with van der Waals surface area (Å²) in [5.74, 6) is -0.949. The fraction of sp³-hybridized carbons (Fsp3) is 0. The summed E-state index contributed by atoms with van der Waals surface area (Å²) in [7, 11) is 0. The van der Waals surface area contributed by atoms with E-state index in [1.807, 2.05) is 42.5 Å². The van der Waals surface area contributed by atoms with Crippen LogP contribution in [0, 0.1) is 0 Å². The van der Waals surface area contributed by atoms with Crippen LogP contribution in [0.3, 0.4) is 0 Å². The monoisotopic (exact) mass is 265 g/mol. The summed E-state index contributed by atoms with van der Waals surface area (Å²) in [6, 6.07) is 13.4. The second-order valence-corrected chi connectivity index (χ2v) is 3.94. The zero-order valence-electron chi connectivity index (χ0n) is 10.1. The van der Waals surface area contributed by atoms with E-state index < -0.39 is 5.91 Å². The van der Waals surface area contributed by atoms with E-state index in [1.165, 1.54) is 0 Å². The lowest BCUT2D eigenvalue weighted by molar-refractivity contribution is 0.0958. The van der Waals surface area contributed by atoms with Crippen LogP contribution in [0.25, 0.3) is 32.6 Å². The SMILES string of the molecule is [N-]=[N+]=NC(=O)c1nc(-c2cccc3ccccc23)no1. The van der Waals surface area contributed by atoms with Gasteiger partial charge in [0, 0.05) is 10.5 Å². The minimum Gasteiger partial charge on any atom is -0.330 e. The predicted octanol–water partition coefficient (Wildman–Crippen LogP) is 3.34. The second-order valence-electron chi connectivity index (χ2n) is 3.94. The molecule has 0 aliphatic rings. The highest BCUT2D eigenvalue weighted by Gasteiger charge is 2.15. The molecule has 1 heterocycles. The summed E-state index contributed by atoms with van der Waals surface area (Å²) in [6.07, 6.45) is 0. The van der Waals surface area contributed by atoms with Crippen LogP contribution < -0.4 is 0 Å². The highest BCUT2D eigenvalue weighted by Crippen LogP contribution is 2.26. The maximum absolute atomic E-state index is 11.3. The molecule has 0 unspecified atom stereocenters. The molecule has 96 valence electrons. The number of amides is 1. The van der Waals surface area contributed by atoms with Crippen molar-refractivity contribution >= 4 is 16.7 Å². The summed E-state index contributed by atoms with van der Waals surface area (Å²) in [5, 5.41) is 8.63. The molecular weight excluding hydrogens is 258 g/mol. The molecule has 0 aliphatic heterocycles. The Hall–Kier alpha value is -3.18. The molecule has 3 rings (SSSR count). The van der Waals surface area contributed by atoms with E-state index in [0.717, 1.165) is 16.3 Å². The van der Waals surface area contributed by atoms with Crippen molar-refractivity contribution in [1.82, 2.24) is 10.1 Å². The van der Waals surface area contributed by atoms with Crippen LogP contribution in [0.15, 0.2) is 52.1 Å². The van der Waals surface area contributed by atoms with Gasteiger partial charge in [-0.15, -0.1) is 0 Å². The van der Waals surface area contributed by atoms with Gasteiger partial charge >= 0.3 is 11.8 Å². The van der Waals surface area contributed by atoms with Gasteiger partial charge in [0.25, 0.3) is 0 Å². The fourth-order valence-electron chi connectivity index (χ4n) is 1.92. The number of fused-ring (bicyclic) bond motifs is 1. The largest absolute Gasteiger partial charge is 0.330 e. The Morgan fingerprint density at radius 1 is 1.20 bits per heavy atom. The summed E-state index contributed by atoms with van der Waals surface area (Å²) in [6.45, 7) is 0. The van der Waals surface area contributed by atoms with Crippen molar-refractivity contribution in [2.75, 3.05) is 0 Å². The van der Waals surface area contributed by atoms with Gasteiger partial charge in [0.2, 0.25) is 5.82 Å². The van der Waals surface area contributed by atoms with Crippen LogP contribution in [0.1, 0.15) is 10.7 Å². The van der Waals surface area contributed by atoms with Crippen LogP contribution in [0.4, 0.5) is 0 Å². The van der Waals surface area contributed by atoms with Crippen LogP contribution in [-0.4, -0.2) is 16.0 Å². The molecule has 7 heteroatoms. The average molecular weight is 265 g/mol. The normalized spacial score (nSPS) is 10.2. The van der Waals surface area contributed by atoms with E-state index in [4.69, 9.17) is 10.1 Å². The van der Waals surface area contributed by atoms with Crippen molar-refractivity contribution in [1.29, 1.82) is 0 Å². The van der Waals surface area contributed by atoms with Gasteiger partial charge < -0.3 is 4.52 Å². The van der Waals surface area contributed by atoms with Crippen molar-refractivity contribution in [2.45, 2.75) is 0 Å². The van der Waals surface area contributed by atoms with Gasteiger partial charge in [-0.05, 0) is 21.4 Å². The summed E-state index contributed by atoms with van der Waals surface area (Å²) >= 11 is 0. The molecule has 0 saturated heterocycles. The maximum Gasteiger partial charge on any atom is 0.306 e. The highest BCUT2D eigenvalue weighted by molar-refractivity contribution is 5.96. The lowest BCUT2D eigenvalue weighted by atomic mass is 10.0. The molecule has 0 fully saturated rings. The Kier molecular flexibility index (Phi) is 2.87. The van der Waals surface area contributed by atoms with Crippen molar-refractivity contribution in [2.24, 2.45) is 5.11 Å². The Balaban J connectivity index is 2.12. The number of rotatable bonds is 2. The predicted molar refractivity (Wildman–Crippen MR) is 70.7 cm³/mol. The zero-order valence-corrected chi connectivity index (χ0v) is 10.1. The number of carbonyl (C=O) groups excluding carboxylic acids is 1. The minimum absolute atomic E-state index is 0.276. The van der Waals surface area contributed by atoms with E-state index in [9.17, 15) is 4.79 Å². The highest BCUT2D eigenvalue weighted by atomic mass is 16.5. The van der Waals surface area contributed by atoms with Gasteiger partial charge in [-0.1, -0.05) is 47.6 Å². The van der Waals surface area contributed by atoms with Crippen LogP contribution >= 0.6 is 0 Å². The number of carbonyl (C=O) groups is 1. The first-order valence-corrected chi connectivity index (χ1v) is 5.71. The topological polar surface area (TPSA) is 105 Å². The van der Waals surface area contributed by atoms with Gasteiger partial charge in [-0.2, -0.15) is 4.98 Å². The Labute approximate surface area is 112 Å². The lowest BCUT2D eigenvalue weighted by Crippen LogP contribution is -1.93. The van der Waals surface area contributed by atoms with E-state index >= 15 is 0 Å². The van der Waals surface area contributed by atoms with Crippen LogP contribution in [-0.2, 0) is 0 Å². The van der Waals surface area contributed by atoms with E-state index in [0.29, 0.717) is 0 Å². The first-order chi connectivity index (χ1) is 9.79. The molecular formula is C13H7N5O2. The van der Waals surface area contributed by atoms with Crippen molar-refractivity contribution < 1.29 is 9.32 Å². The smallest absolute Gasteiger partial charge is 0.306 e. The molecule has 0 bridgehead atoms. The molecule has 1 aromatic heterocycles. The summed E-state index contributed by atoms with van der Waals surface area (Å²) < 4.78 is 4.81. The first kappa shape index (κ1) is 11.9. The molecule has 0 atom stereocenters. The molecule has 0 radical (unpaired) electrons. The Morgan fingerprint density at radius 3 is 2.85 bits per heavy atom. The van der Waals surface area contributed by atoms with Crippen molar-refractivity contribution in [3.63, 3.8) is 0 Å². The molecule has 3 aromatic rings. The molecule has 0 N–H and O–H groups in total. The van der Waals surface area contributed by atoms with Crippen LogP contribution in [0.2, 0.25) is 0 Å². The summed E-state index contributed by atoms with van der Waals surface area (Å²) in [4.78, 5) is 17.7. The maximum atomic E-state index is 11.3. The van der Waals surface area contributed by atoms with E-state index in [-0.39, 0.29) is 11.7 Å². The molecule has 0 saturated carbocycles. The van der Waals surface area contributed by atoms with Gasteiger partial charge in [0.1, 0.15) is 0 Å². The number of hydrogen-bond donors (Lipinski definition) is 0. The third-order valence-corrected chi connectivity index (χ3v) is 2.78. The third kappa shape index (κ3) is 1.98. The van der Waals surface area contributed by atoms with Crippen LogP contribution in [0.5, 0.6) is 0 Å². The number of benzene rings is 2. The van der Waals surface area contributed by atoms with E-state index in [2.05, 4.69) is 20.2 Å². The third-order valence-electron chi connectivity index (χ3n) is 2.78. The van der Waals surface area contributed by atoms with Gasteiger partial charge in [0.05, 0.1) is 0 Å². The van der Waals surface area contributed by atoms with Crippen molar-refractivity contribution in [3.8, 4) is 11.4 Å².